The van der Waals surface area contributed by atoms with Gasteiger partial charge in [-0.15, -0.1) is 0 Å². The molecule has 0 aliphatic carbocycles. The fourth-order valence-corrected chi connectivity index (χ4v) is 2.62. The zero-order chi connectivity index (χ0) is 14.8. The number of aromatic nitrogens is 2. The van der Waals surface area contributed by atoms with E-state index < -0.39 is 0 Å². The van der Waals surface area contributed by atoms with Gasteiger partial charge in [0.1, 0.15) is 17.3 Å². The molecule has 0 spiro atoms. The van der Waals surface area contributed by atoms with E-state index in [1.807, 2.05) is 47.0 Å². The standard InChI is InChI=1S/C16H13BrN2O2/c1-21-13-5-2-11(3-6-13)8-16-18-14(10-20)15-7-4-12(17)9-19(15)16/h2-7,9-10H,8H2,1H3. The molecule has 0 bridgehead atoms. The van der Waals surface area contributed by atoms with Gasteiger partial charge in [0.25, 0.3) is 0 Å². The van der Waals surface area contributed by atoms with Crippen molar-refractivity contribution in [2.45, 2.75) is 6.42 Å². The van der Waals surface area contributed by atoms with Crippen molar-refractivity contribution in [3.63, 3.8) is 0 Å². The van der Waals surface area contributed by atoms with Gasteiger partial charge in [0.15, 0.2) is 6.29 Å². The highest BCUT2D eigenvalue weighted by Crippen LogP contribution is 2.20. The van der Waals surface area contributed by atoms with Crippen LogP contribution in [0.4, 0.5) is 0 Å². The van der Waals surface area contributed by atoms with Crippen molar-refractivity contribution in [1.82, 2.24) is 9.38 Å². The van der Waals surface area contributed by atoms with Gasteiger partial charge in [0.05, 0.1) is 12.6 Å². The summed E-state index contributed by atoms with van der Waals surface area (Å²) < 4.78 is 8.04. The van der Waals surface area contributed by atoms with Crippen LogP contribution in [0.2, 0.25) is 0 Å². The van der Waals surface area contributed by atoms with Crippen LogP contribution in [0, 0.1) is 0 Å². The van der Waals surface area contributed by atoms with E-state index in [2.05, 4.69) is 20.9 Å². The third-order valence-corrected chi connectivity index (χ3v) is 3.80. The molecule has 0 fully saturated rings. The lowest BCUT2D eigenvalue weighted by Crippen LogP contribution is -1.96. The summed E-state index contributed by atoms with van der Waals surface area (Å²) in [5, 5.41) is 0. The number of rotatable bonds is 4. The number of benzene rings is 1. The molecule has 0 unspecified atom stereocenters. The lowest BCUT2D eigenvalue weighted by molar-refractivity contribution is 0.112. The van der Waals surface area contributed by atoms with Crippen molar-refractivity contribution >= 4 is 27.7 Å². The largest absolute Gasteiger partial charge is 0.497 e. The Morgan fingerprint density at radius 1 is 1.24 bits per heavy atom. The number of methoxy groups -OCH3 is 1. The van der Waals surface area contributed by atoms with Crippen LogP contribution in [0.5, 0.6) is 5.75 Å². The van der Waals surface area contributed by atoms with Gasteiger partial charge in [-0.2, -0.15) is 0 Å². The summed E-state index contributed by atoms with van der Waals surface area (Å²) in [6.07, 6.45) is 3.37. The number of carbonyl (C=O) groups excluding carboxylic acids is 1. The highest BCUT2D eigenvalue weighted by Gasteiger charge is 2.11. The predicted octanol–water partition coefficient (Wildman–Crippen LogP) is 3.51. The molecule has 0 N–H and O–H groups in total. The smallest absolute Gasteiger partial charge is 0.170 e. The van der Waals surface area contributed by atoms with Crippen LogP contribution >= 0.6 is 15.9 Å². The molecule has 106 valence electrons. The number of imidazole rings is 1. The van der Waals surface area contributed by atoms with E-state index in [4.69, 9.17) is 4.74 Å². The predicted molar refractivity (Wildman–Crippen MR) is 84.1 cm³/mol. The Morgan fingerprint density at radius 2 is 2.00 bits per heavy atom. The van der Waals surface area contributed by atoms with E-state index in [-0.39, 0.29) is 0 Å². The number of nitrogens with zero attached hydrogens (tertiary/aromatic N) is 2. The zero-order valence-corrected chi connectivity index (χ0v) is 13.0. The number of ether oxygens (including phenoxy) is 1. The van der Waals surface area contributed by atoms with E-state index in [1.165, 1.54) is 0 Å². The maximum Gasteiger partial charge on any atom is 0.170 e. The summed E-state index contributed by atoms with van der Waals surface area (Å²) in [6, 6.07) is 11.6. The monoisotopic (exact) mass is 344 g/mol. The molecule has 21 heavy (non-hydrogen) atoms. The number of carbonyl (C=O) groups is 1. The fourth-order valence-electron chi connectivity index (χ4n) is 2.28. The minimum absolute atomic E-state index is 0.464. The first kappa shape index (κ1) is 13.8. The average molecular weight is 345 g/mol. The molecule has 4 nitrogen and oxygen atoms in total. The number of hydrogen-bond donors (Lipinski definition) is 0. The van der Waals surface area contributed by atoms with E-state index in [9.17, 15) is 4.79 Å². The molecule has 0 saturated carbocycles. The summed E-state index contributed by atoms with van der Waals surface area (Å²) >= 11 is 3.45. The van der Waals surface area contributed by atoms with Crippen molar-refractivity contribution in [2.75, 3.05) is 7.11 Å². The third-order valence-electron chi connectivity index (χ3n) is 3.34. The number of halogens is 1. The van der Waals surface area contributed by atoms with E-state index in [0.29, 0.717) is 12.1 Å². The second kappa shape index (κ2) is 5.69. The molecule has 3 aromatic rings. The zero-order valence-electron chi connectivity index (χ0n) is 11.4. The quantitative estimate of drug-likeness (QED) is 0.680. The SMILES string of the molecule is COc1ccc(Cc2nc(C=O)c3ccc(Br)cn23)cc1. The van der Waals surface area contributed by atoms with Crippen LogP contribution in [0.15, 0.2) is 47.1 Å². The molecule has 0 amide bonds. The molecule has 0 radical (unpaired) electrons. The van der Waals surface area contributed by atoms with Gasteiger partial charge in [-0.05, 0) is 45.8 Å². The van der Waals surface area contributed by atoms with E-state index >= 15 is 0 Å². The van der Waals surface area contributed by atoms with Gasteiger partial charge >= 0.3 is 0 Å². The van der Waals surface area contributed by atoms with Crippen LogP contribution in [0.1, 0.15) is 21.9 Å². The number of aldehydes is 1. The molecular formula is C16H13BrN2O2. The fraction of sp³-hybridized carbons (Fsp3) is 0.125. The molecular weight excluding hydrogens is 332 g/mol. The topological polar surface area (TPSA) is 43.6 Å². The van der Waals surface area contributed by atoms with Gasteiger partial charge in [0.2, 0.25) is 0 Å². The van der Waals surface area contributed by atoms with Crippen LogP contribution in [0.25, 0.3) is 5.52 Å². The molecule has 2 aromatic heterocycles. The second-order valence-electron chi connectivity index (χ2n) is 4.66. The number of pyridine rings is 1. The first-order valence-corrected chi connectivity index (χ1v) is 7.25. The molecule has 3 rings (SSSR count). The van der Waals surface area contributed by atoms with Gasteiger partial charge in [-0.3, -0.25) is 4.79 Å². The molecule has 2 heterocycles. The summed E-state index contributed by atoms with van der Waals surface area (Å²) in [5.74, 6) is 1.65. The van der Waals surface area contributed by atoms with Crippen molar-refractivity contribution < 1.29 is 9.53 Å². The molecule has 1 aromatic carbocycles. The van der Waals surface area contributed by atoms with Gasteiger partial charge in [0, 0.05) is 17.1 Å². The summed E-state index contributed by atoms with van der Waals surface area (Å²) in [7, 11) is 1.64. The highest BCUT2D eigenvalue weighted by molar-refractivity contribution is 9.10. The highest BCUT2D eigenvalue weighted by atomic mass is 79.9. The molecule has 5 heteroatoms. The van der Waals surface area contributed by atoms with Crippen molar-refractivity contribution in [3.05, 3.63) is 64.1 Å². The number of fused-ring (bicyclic) bond motifs is 1. The van der Waals surface area contributed by atoms with E-state index in [1.54, 1.807) is 7.11 Å². The second-order valence-corrected chi connectivity index (χ2v) is 5.57. The lowest BCUT2D eigenvalue weighted by Gasteiger charge is -2.04. The van der Waals surface area contributed by atoms with Crippen LogP contribution in [0.3, 0.4) is 0 Å². The average Bonchev–Trinajstić information content (AvgIpc) is 2.85. The van der Waals surface area contributed by atoms with Gasteiger partial charge in [-0.25, -0.2) is 4.98 Å². The minimum atomic E-state index is 0.464. The Balaban J connectivity index is 2.02. The first-order valence-electron chi connectivity index (χ1n) is 6.46. The Bertz CT molecular complexity index is 794. The Kier molecular flexibility index (Phi) is 3.75. The maximum atomic E-state index is 11.2. The molecule has 0 atom stereocenters. The minimum Gasteiger partial charge on any atom is -0.497 e. The van der Waals surface area contributed by atoms with Crippen LogP contribution in [-0.2, 0) is 6.42 Å². The van der Waals surface area contributed by atoms with E-state index in [0.717, 1.165) is 33.4 Å². The van der Waals surface area contributed by atoms with Crippen molar-refractivity contribution in [3.8, 4) is 5.75 Å². The summed E-state index contributed by atoms with van der Waals surface area (Å²) in [4.78, 5) is 15.6. The first-order chi connectivity index (χ1) is 10.2. The lowest BCUT2D eigenvalue weighted by atomic mass is 10.1. The molecule has 0 saturated heterocycles. The van der Waals surface area contributed by atoms with Crippen molar-refractivity contribution in [1.29, 1.82) is 0 Å². The summed E-state index contributed by atoms with van der Waals surface area (Å²) in [5.41, 5.74) is 2.39. The van der Waals surface area contributed by atoms with Crippen LogP contribution < -0.4 is 4.74 Å². The third kappa shape index (κ3) is 2.69. The molecule has 0 aliphatic heterocycles. The van der Waals surface area contributed by atoms with Crippen LogP contribution in [-0.4, -0.2) is 22.8 Å². The summed E-state index contributed by atoms with van der Waals surface area (Å²) in [6.45, 7) is 0. The Morgan fingerprint density at radius 3 is 2.67 bits per heavy atom. The van der Waals surface area contributed by atoms with Gasteiger partial charge in [-0.1, -0.05) is 12.1 Å². The molecule has 0 aliphatic rings. The normalized spacial score (nSPS) is 10.8. The Labute approximate surface area is 130 Å². The maximum absolute atomic E-state index is 11.2. The van der Waals surface area contributed by atoms with Crippen molar-refractivity contribution in [2.24, 2.45) is 0 Å². The number of hydrogen-bond acceptors (Lipinski definition) is 3. The van der Waals surface area contributed by atoms with Gasteiger partial charge < -0.3 is 9.14 Å². The Hall–Kier alpha value is -2.14.